The van der Waals surface area contributed by atoms with Gasteiger partial charge in [0.15, 0.2) is 0 Å². The van der Waals surface area contributed by atoms with Gasteiger partial charge in [-0.25, -0.2) is 4.98 Å². The minimum absolute atomic E-state index is 0.212. The van der Waals surface area contributed by atoms with Crippen molar-refractivity contribution in [3.63, 3.8) is 0 Å². The van der Waals surface area contributed by atoms with Crippen LogP contribution < -0.4 is 0 Å². The molecule has 0 aromatic carbocycles. The first-order valence-electron chi connectivity index (χ1n) is 7.53. The number of thiazole rings is 1. The first-order chi connectivity index (χ1) is 9.63. The zero-order valence-electron chi connectivity index (χ0n) is 11.9. The van der Waals surface area contributed by atoms with Gasteiger partial charge >= 0.3 is 0 Å². The highest BCUT2D eigenvalue weighted by Crippen LogP contribution is 2.34. The fraction of sp³-hybridized carbons (Fsp3) is 0.733. The molecule has 3 atom stereocenters. The summed E-state index contributed by atoms with van der Waals surface area (Å²) in [5, 5.41) is 13.0. The van der Waals surface area contributed by atoms with E-state index in [4.69, 9.17) is 0 Å². The minimum Gasteiger partial charge on any atom is -0.393 e. The summed E-state index contributed by atoms with van der Waals surface area (Å²) < 4.78 is 0. The number of fused-ring (bicyclic) bond motifs is 2. The van der Waals surface area contributed by atoms with Gasteiger partial charge in [-0.1, -0.05) is 0 Å². The van der Waals surface area contributed by atoms with Crippen LogP contribution in [-0.2, 0) is 11.2 Å². The molecule has 3 heterocycles. The lowest BCUT2D eigenvalue weighted by Gasteiger charge is -2.47. The maximum absolute atomic E-state index is 12.5. The fourth-order valence-corrected chi connectivity index (χ4v) is 4.29. The van der Waals surface area contributed by atoms with Crippen LogP contribution in [0, 0.1) is 6.92 Å². The summed E-state index contributed by atoms with van der Waals surface area (Å²) in [6.45, 7) is 1.99. The smallest absolute Gasteiger partial charge is 0.223 e. The number of aryl methyl sites for hydroxylation is 2. The summed E-state index contributed by atoms with van der Waals surface area (Å²) in [5.41, 5.74) is 1.03. The van der Waals surface area contributed by atoms with E-state index in [0.29, 0.717) is 6.42 Å². The molecule has 0 spiro atoms. The van der Waals surface area contributed by atoms with Gasteiger partial charge in [0.1, 0.15) is 0 Å². The zero-order chi connectivity index (χ0) is 14.1. The molecule has 2 fully saturated rings. The highest BCUT2D eigenvalue weighted by atomic mass is 32.1. The molecule has 5 heteroatoms. The van der Waals surface area contributed by atoms with Crippen molar-refractivity contribution in [1.29, 1.82) is 0 Å². The number of piperidine rings is 2. The van der Waals surface area contributed by atoms with E-state index in [2.05, 4.69) is 9.88 Å². The summed E-state index contributed by atoms with van der Waals surface area (Å²) in [4.78, 5) is 19.0. The number of aliphatic hydroxyl groups is 1. The summed E-state index contributed by atoms with van der Waals surface area (Å²) >= 11 is 1.64. The number of nitrogens with zero attached hydrogens (tertiary/aromatic N) is 2. The number of rotatable bonds is 3. The largest absolute Gasteiger partial charge is 0.393 e. The van der Waals surface area contributed by atoms with Crippen molar-refractivity contribution in [3.8, 4) is 0 Å². The van der Waals surface area contributed by atoms with Gasteiger partial charge in [-0.3, -0.25) is 4.79 Å². The molecule has 2 saturated heterocycles. The summed E-state index contributed by atoms with van der Waals surface area (Å²) in [5.74, 6) is 0.247. The first-order valence-corrected chi connectivity index (χ1v) is 8.41. The Kier molecular flexibility index (Phi) is 4.08. The Morgan fingerprint density at radius 3 is 2.75 bits per heavy atom. The van der Waals surface area contributed by atoms with Crippen LogP contribution in [0.5, 0.6) is 0 Å². The van der Waals surface area contributed by atoms with Gasteiger partial charge in [-0.15, -0.1) is 11.3 Å². The fourth-order valence-electron chi connectivity index (χ4n) is 3.65. The molecule has 2 aliphatic heterocycles. The molecule has 2 bridgehead atoms. The van der Waals surface area contributed by atoms with E-state index in [1.54, 1.807) is 11.3 Å². The minimum atomic E-state index is -0.212. The predicted octanol–water partition coefficient (Wildman–Crippen LogP) is 2.29. The number of aliphatic hydroxyl groups excluding tert-OH is 1. The van der Waals surface area contributed by atoms with Crippen molar-refractivity contribution in [2.75, 3.05) is 0 Å². The third kappa shape index (κ3) is 2.88. The molecule has 0 saturated carbocycles. The molecule has 1 amide bonds. The second kappa shape index (κ2) is 5.82. The van der Waals surface area contributed by atoms with Crippen molar-refractivity contribution in [1.82, 2.24) is 9.88 Å². The molecule has 0 aliphatic carbocycles. The second-order valence-electron chi connectivity index (χ2n) is 6.02. The molecule has 4 nitrogen and oxygen atoms in total. The van der Waals surface area contributed by atoms with Crippen LogP contribution in [0.2, 0.25) is 0 Å². The molecular formula is C15H22N2O2S. The third-order valence-electron chi connectivity index (χ3n) is 4.50. The molecule has 110 valence electrons. The molecule has 20 heavy (non-hydrogen) atoms. The lowest BCUT2D eigenvalue weighted by Crippen LogP contribution is -2.55. The van der Waals surface area contributed by atoms with Gasteiger partial charge in [0.2, 0.25) is 5.91 Å². The van der Waals surface area contributed by atoms with Crippen LogP contribution in [-0.4, -0.2) is 39.1 Å². The van der Waals surface area contributed by atoms with Gasteiger partial charge in [-0.05, 0) is 45.4 Å². The van der Waals surface area contributed by atoms with Crippen LogP contribution in [0.25, 0.3) is 0 Å². The standard InChI is InChI=1S/C15H22N2O2S/c1-10-16-11(9-20-10)5-6-15(19)17-12-3-2-4-13(17)8-14(18)7-12/h9,12-14,18H,2-8H2,1H3/t12-,13+,14?. The highest BCUT2D eigenvalue weighted by molar-refractivity contribution is 7.09. The van der Waals surface area contributed by atoms with E-state index in [1.165, 1.54) is 6.42 Å². The van der Waals surface area contributed by atoms with E-state index in [0.717, 1.165) is 42.8 Å². The van der Waals surface area contributed by atoms with Crippen molar-refractivity contribution >= 4 is 17.2 Å². The van der Waals surface area contributed by atoms with Crippen molar-refractivity contribution < 1.29 is 9.90 Å². The van der Waals surface area contributed by atoms with Crippen LogP contribution in [0.3, 0.4) is 0 Å². The Balaban J connectivity index is 1.61. The lowest BCUT2D eigenvalue weighted by molar-refractivity contribution is -0.144. The van der Waals surface area contributed by atoms with E-state index in [9.17, 15) is 9.90 Å². The predicted molar refractivity (Wildman–Crippen MR) is 78.7 cm³/mol. The second-order valence-corrected chi connectivity index (χ2v) is 7.08. The zero-order valence-corrected chi connectivity index (χ0v) is 12.7. The number of hydrogen-bond acceptors (Lipinski definition) is 4. The van der Waals surface area contributed by atoms with Crippen LogP contribution in [0.1, 0.15) is 49.2 Å². The number of carbonyl (C=O) groups excluding carboxylic acids is 1. The van der Waals surface area contributed by atoms with Gasteiger partial charge < -0.3 is 10.0 Å². The summed E-state index contributed by atoms with van der Waals surface area (Å²) in [7, 11) is 0. The van der Waals surface area contributed by atoms with Crippen molar-refractivity contribution in [2.24, 2.45) is 0 Å². The Labute approximate surface area is 123 Å². The monoisotopic (exact) mass is 294 g/mol. The Hall–Kier alpha value is -0.940. The Bertz CT molecular complexity index is 474. The lowest BCUT2D eigenvalue weighted by atomic mass is 9.82. The average molecular weight is 294 g/mol. The highest BCUT2D eigenvalue weighted by Gasteiger charge is 2.39. The number of amides is 1. The van der Waals surface area contributed by atoms with Gasteiger partial charge in [-0.2, -0.15) is 0 Å². The van der Waals surface area contributed by atoms with Crippen LogP contribution in [0.4, 0.5) is 0 Å². The number of carbonyl (C=O) groups is 1. The quantitative estimate of drug-likeness (QED) is 0.930. The molecule has 1 aromatic heterocycles. The Morgan fingerprint density at radius 1 is 1.45 bits per heavy atom. The average Bonchev–Trinajstić information content (AvgIpc) is 2.81. The third-order valence-corrected chi connectivity index (χ3v) is 5.32. The van der Waals surface area contributed by atoms with E-state index < -0.39 is 0 Å². The summed E-state index contributed by atoms with van der Waals surface area (Å²) in [6, 6.07) is 0.532. The number of hydrogen-bond donors (Lipinski definition) is 1. The van der Waals surface area contributed by atoms with Crippen LogP contribution >= 0.6 is 11.3 Å². The maximum atomic E-state index is 12.5. The molecule has 3 rings (SSSR count). The topological polar surface area (TPSA) is 53.4 Å². The molecular weight excluding hydrogens is 272 g/mol. The molecule has 0 radical (unpaired) electrons. The van der Waals surface area contributed by atoms with Gasteiger partial charge in [0.25, 0.3) is 0 Å². The molecule has 1 N–H and O–H groups in total. The Morgan fingerprint density at radius 2 is 2.15 bits per heavy atom. The van der Waals surface area contributed by atoms with Gasteiger partial charge in [0.05, 0.1) is 16.8 Å². The number of aromatic nitrogens is 1. The van der Waals surface area contributed by atoms with E-state index >= 15 is 0 Å². The molecule has 2 aliphatic rings. The van der Waals surface area contributed by atoms with Crippen molar-refractivity contribution in [2.45, 2.75) is 70.1 Å². The molecule has 1 aromatic rings. The van der Waals surface area contributed by atoms with Gasteiger partial charge in [0, 0.05) is 23.9 Å². The summed E-state index contributed by atoms with van der Waals surface area (Å²) in [6.07, 6.45) is 5.89. The normalized spacial score (nSPS) is 29.5. The SMILES string of the molecule is Cc1nc(CCC(=O)N2[C@@H]3CCC[C@H]2CC(O)C3)cs1. The first kappa shape index (κ1) is 14.0. The van der Waals surface area contributed by atoms with E-state index in [-0.39, 0.29) is 24.1 Å². The van der Waals surface area contributed by atoms with Crippen LogP contribution in [0.15, 0.2) is 5.38 Å². The maximum Gasteiger partial charge on any atom is 0.223 e. The van der Waals surface area contributed by atoms with Crippen molar-refractivity contribution in [3.05, 3.63) is 16.1 Å². The van der Waals surface area contributed by atoms with E-state index in [1.807, 2.05) is 12.3 Å². The molecule has 1 unspecified atom stereocenters.